The summed E-state index contributed by atoms with van der Waals surface area (Å²) in [5.41, 5.74) is 15.9. The van der Waals surface area contributed by atoms with Gasteiger partial charge in [0.25, 0.3) is 0 Å². The van der Waals surface area contributed by atoms with Crippen molar-refractivity contribution in [2.45, 2.75) is 136 Å². The molecule has 3 heteroatoms. The molecule has 0 N–H and O–H groups in total. The second-order valence-electron chi connectivity index (χ2n) is 19.3. The first-order chi connectivity index (χ1) is 20.8. The monoisotopic (exact) mass is 744 g/mol. The molecule has 3 unspecified atom stereocenters. The van der Waals surface area contributed by atoms with Crippen molar-refractivity contribution in [2.75, 3.05) is 0 Å². The zero-order chi connectivity index (χ0) is 30.4. The molecule has 2 aromatic rings. The molecule has 0 heterocycles. The Morgan fingerprint density at radius 1 is 0.681 bits per heavy atom. The Bertz CT molecular complexity index is 1530. The fraction of sp³-hybridized carbons (Fsp3) is 0.636. The molecule has 10 rings (SSSR count). The molecule has 8 aliphatic rings. The van der Waals surface area contributed by atoms with Crippen LogP contribution in [-0.2, 0) is 37.0 Å². The van der Waals surface area contributed by atoms with Gasteiger partial charge in [-0.05, 0) is 143 Å². The summed E-state index contributed by atoms with van der Waals surface area (Å²) in [7, 11) is 0. The Morgan fingerprint density at radius 3 is 1.66 bits per heavy atom. The van der Waals surface area contributed by atoms with Gasteiger partial charge in [-0.25, -0.2) is 0 Å². The summed E-state index contributed by atoms with van der Waals surface area (Å²) < 4.78 is 0. The first kappa shape index (κ1) is 36.2. The van der Waals surface area contributed by atoms with Gasteiger partial charge < -0.3 is 24.8 Å². The summed E-state index contributed by atoms with van der Waals surface area (Å²) in [6, 6.07) is 15.2. The second-order valence-corrected chi connectivity index (χ2v) is 19.3. The number of rotatable bonds is 2. The number of halogens is 2. The number of hydrogen-bond acceptors (Lipinski definition) is 0. The molecule has 3 atom stereocenters. The van der Waals surface area contributed by atoms with Crippen LogP contribution in [0.25, 0.3) is 11.1 Å². The largest absolute Gasteiger partial charge is 2.00 e. The zero-order valence-electron chi connectivity index (χ0n) is 30.0. The normalized spacial score (nSPS) is 34.9. The molecule has 0 aliphatic heterocycles. The molecule has 250 valence electrons. The van der Waals surface area contributed by atoms with Gasteiger partial charge in [0.05, 0.1) is 0 Å². The van der Waals surface area contributed by atoms with Crippen LogP contribution >= 0.6 is 0 Å². The molecule has 0 spiro atoms. The molecule has 0 saturated heterocycles. The minimum Gasteiger partial charge on any atom is -1.00 e. The van der Waals surface area contributed by atoms with E-state index in [1.54, 1.807) is 30.4 Å². The van der Waals surface area contributed by atoms with Crippen molar-refractivity contribution in [1.29, 1.82) is 0 Å². The van der Waals surface area contributed by atoms with Gasteiger partial charge in [0, 0.05) is 11.3 Å². The quantitative estimate of drug-likeness (QED) is 0.351. The number of fused-ring (bicyclic) bond motifs is 5. The third kappa shape index (κ3) is 5.26. The van der Waals surface area contributed by atoms with Crippen molar-refractivity contribution in [3.05, 3.63) is 81.4 Å². The van der Waals surface area contributed by atoms with E-state index in [4.69, 9.17) is 0 Å². The van der Waals surface area contributed by atoms with Crippen LogP contribution in [0.1, 0.15) is 147 Å². The van der Waals surface area contributed by atoms with E-state index < -0.39 is 0 Å². The van der Waals surface area contributed by atoms with Gasteiger partial charge in [-0.15, -0.1) is 0 Å². The van der Waals surface area contributed by atoms with Crippen LogP contribution in [0, 0.1) is 40.4 Å². The smallest absolute Gasteiger partial charge is 1.00 e. The minimum atomic E-state index is 0. The van der Waals surface area contributed by atoms with E-state index in [0.29, 0.717) is 11.3 Å². The molecule has 0 amide bonds. The van der Waals surface area contributed by atoms with Crippen molar-refractivity contribution in [3.63, 3.8) is 0 Å². The van der Waals surface area contributed by atoms with E-state index in [2.05, 4.69) is 90.9 Å². The first-order valence-corrected chi connectivity index (χ1v) is 18.6. The number of allylic oxidation sites excluding steroid dienone is 4. The molecule has 47 heavy (non-hydrogen) atoms. The summed E-state index contributed by atoms with van der Waals surface area (Å²) in [4.78, 5) is 0. The van der Waals surface area contributed by atoms with E-state index in [1.807, 2.05) is 16.7 Å². The van der Waals surface area contributed by atoms with Crippen molar-refractivity contribution in [2.24, 2.45) is 40.4 Å². The van der Waals surface area contributed by atoms with Crippen LogP contribution in [0.3, 0.4) is 0 Å². The molecule has 8 aliphatic carbocycles. The molecule has 0 nitrogen and oxygen atoms in total. The fourth-order valence-electron chi connectivity index (χ4n) is 13.0. The van der Waals surface area contributed by atoms with Gasteiger partial charge in [-0.1, -0.05) is 115 Å². The van der Waals surface area contributed by atoms with Crippen LogP contribution in [0.2, 0.25) is 0 Å². The van der Waals surface area contributed by atoms with E-state index >= 15 is 0 Å². The Balaban J connectivity index is 0.00000129. The van der Waals surface area contributed by atoms with Crippen LogP contribution in [0.15, 0.2) is 59.2 Å². The zero-order valence-corrected chi connectivity index (χ0v) is 34.0. The van der Waals surface area contributed by atoms with Gasteiger partial charge in [0.2, 0.25) is 0 Å². The molecular weight excluding hydrogens is 691 g/mol. The molecule has 0 radical (unpaired) electrons. The first-order valence-electron chi connectivity index (χ1n) is 18.6. The Labute approximate surface area is 317 Å². The number of hydrogen-bond donors (Lipinski definition) is 0. The van der Waals surface area contributed by atoms with Crippen LogP contribution in [0.4, 0.5) is 0 Å². The van der Waals surface area contributed by atoms with Crippen molar-refractivity contribution >= 4 is 0 Å². The fourth-order valence-corrected chi connectivity index (χ4v) is 13.0. The molecule has 0 aromatic heterocycles. The summed E-state index contributed by atoms with van der Waals surface area (Å²) in [6.45, 7) is 17.2. The maximum Gasteiger partial charge on any atom is 2.00 e. The Kier molecular flexibility index (Phi) is 9.22. The van der Waals surface area contributed by atoms with Crippen molar-refractivity contribution in [1.82, 2.24) is 0 Å². The second kappa shape index (κ2) is 12.0. The van der Waals surface area contributed by atoms with Crippen molar-refractivity contribution in [3.8, 4) is 11.1 Å². The van der Waals surface area contributed by atoms with E-state index in [-0.39, 0.29) is 67.3 Å². The average molecular weight is 747 g/mol. The van der Waals surface area contributed by atoms with Gasteiger partial charge >= 0.3 is 26.2 Å². The molecular formula is C44H56Cl2Zr. The van der Waals surface area contributed by atoms with Gasteiger partial charge in [-0.3, -0.25) is 0 Å². The van der Waals surface area contributed by atoms with E-state index in [9.17, 15) is 0 Å². The molecule has 4 bridgehead atoms. The topological polar surface area (TPSA) is 0 Å². The van der Waals surface area contributed by atoms with Crippen LogP contribution in [-0.4, -0.2) is 0 Å². The van der Waals surface area contributed by atoms with Crippen LogP contribution in [0.5, 0.6) is 0 Å². The molecule has 5 fully saturated rings. The van der Waals surface area contributed by atoms with E-state index in [1.165, 1.54) is 73.6 Å². The van der Waals surface area contributed by atoms with Gasteiger partial charge in [0.15, 0.2) is 0 Å². The molecule has 2 aromatic carbocycles. The molecule has 5 saturated carbocycles. The summed E-state index contributed by atoms with van der Waals surface area (Å²) >= 11 is 0. The predicted molar refractivity (Wildman–Crippen MR) is 185 cm³/mol. The maximum absolute atomic E-state index is 2.92. The summed E-state index contributed by atoms with van der Waals surface area (Å²) in [5, 5.41) is 0. The SMILES string of the molecule is CC(C)(C)c1ccc2c(c1)C(C1(C)C3=C(CC(C45CC6CC(CC(C6)C4)C5)=C3)C3CCCCC31)c1cc(C(C)(C)C)ccc1-2.[Cl-].[Cl-].[Zr+2]. The average Bonchev–Trinajstić information content (AvgIpc) is 3.61. The van der Waals surface area contributed by atoms with E-state index in [0.717, 1.165) is 29.6 Å². The number of benzene rings is 2. The third-order valence-corrected chi connectivity index (χ3v) is 14.7. The Morgan fingerprint density at radius 2 is 1.17 bits per heavy atom. The predicted octanol–water partition coefficient (Wildman–Crippen LogP) is 6.07. The van der Waals surface area contributed by atoms with Gasteiger partial charge in [-0.2, -0.15) is 0 Å². The summed E-state index contributed by atoms with van der Waals surface area (Å²) in [6.07, 6.45) is 19.1. The summed E-state index contributed by atoms with van der Waals surface area (Å²) in [5.74, 6) is 5.08. The standard InChI is InChI=1S/C44H56.2ClH.Zr/c1-41(2,3)29-12-14-32-33-15-13-30(42(4,5)6)20-37(33)40(36(32)19-29)43(7)38-11-9-8-10-34(38)35-21-31(22-39(35)43)44-23-26-16-27(24-44)18-28(17-26)25-44;;;/h12-15,19-20,22,26-28,34,38,40H,8-11,16-18,21,23-25H2,1-7H3;2*1H;/q;;;+2/p-2. The maximum atomic E-state index is 2.92. The van der Waals surface area contributed by atoms with Crippen LogP contribution < -0.4 is 24.8 Å². The minimum absolute atomic E-state index is 0. The third-order valence-electron chi connectivity index (χ3n) is 14.7. The van der Waals surface area contributed by atoms with Crippen molar-refractivity contribution < 1.29 is 51.0 Å². The Hall–Kier alpha value is -0.617. The van der Waals surface area contributed by atoms with Gasteiger partial charge in [0.1, 0.15) is 0 Å².